The molecule has 2 aromatic carbocycles. The van der Waals surface area contributed by atoms with Crippen molar-refractivity contribution in [1.29, 1.82) is 0 Å². The number of rotatable bonds is 5. The SMILES string of the molecule is CC(=O)Nc1ccc(C(=O)N2CCN(c3ccccc3)C[C@@H](Cc3cnccn3)C2)cc1. The number of nitrogens with one attached hydrogen (secondary N) is 1. The van der Waals surface area contributed by atoms with Crippen LogP contribution >= 0.6 is 0 Å². The number of hydrogen-bond acceptors (Lipinski definition) is 5. The van der Waals surface area contributed by atoms with Crippen LogP contribution < -0.4 is 10.2 Å². The van der Waals surface area contributed by atoms with Gasteiger partial charge in [-0.2, -0.15) is 0 Å². The lowest BCUT2D eigenvalue weighted by Crippen LogP contribution is -2.36. The Bertz CT molecular complexity index is 1040. The zero-order valence-corrected chi connectivity index (χ0v) is 18.1. The smallest absolute Gasteiger partial charge is 0.253 e. The third-order valence-corrected chi connectivity index (χ3v) is 5.57. The van der Waals surface area contributed by atoms with Gasteiger partial charge in [-0.25, -0.2) is 0 Å². The summed E-state index contributed by atoms with van der Waals surface area (Å²) in [4.78, 5) is 37.5. The first-order valence-corrected chi connectivity index (χ1v) is 10.8. The van der Waals surface area contributed by atoms with Crippen molar-refractivity contribution in [1.82, 2.24) is 14.9 Å². The van der Waals surface area contributed by atoms with E-state index in [9.17, 15) is 9.59 Å². The second-order valence-corrected chi connectivity index (χ2v) is 8.06. The highest BCUT2D eigenvalue weighted by Gasteiger charge is 2.27. The Labute approximate surface area is 188 Å². The van der Waals surface area contributed by atoms with E-state index in [2.05, 4.69) is 32.3 Å². The highest BCUT2D eigenvalue weighted by Crippen LogP contribution is 2.22. The van der Waals surface area contributed by atoms with Crippen LogP contribution in [0.1, 0.15) is 23.0 Å². The van der Waals surface area contributed by atoms with Crippen LogP contribution in [0.25, 0.3) is 0 Å². The summed E-state index contributed by atoms with van der Waals surface area (Å²) >= 11 is 0. The van der Waals surface area contributed by atoms with Gasteiger partial charge in [0, 0.05) is 68.6 Å². The van der Waals surface area contributed by atoms with Gasteiger partial charge in [0.25, 0.3) is 5.91 Å². The van der Waals surface area contributed by atoms with E-state index in [1.165, 1.54) is 6.92 Å². The molecular weight excluding hydrogens is 402 g/mol. The number of anilines is 2. The molecule has 0 spiro atoms. The molecule has 1 aliphatic heterocycles. The Hall–Kier alpha value is -3.74. The zero-order chi connectivity index (χ0) is 22.3. The van der Waals surface area contributed by atoms with Crippen molar-refractivity contribution in [3.8, 4) is 0 Å². The van der Waals surface area contributed by atoms with E-state index < -0.39 is 0 Å². The van der Waals surface area contributed by atoms with Gasteiger partial charge in [-0.15, -0.1) is 0 Å². The largest absolute Gasteiger partial charge is 0.369 e. The molecule has 3 aromatic rings. The molecule has 1 N–H and O–H groups in total. The molecule has 0 unspecified atom stereocenters. The van der Waals surface area contributed by atoms with Crippen LogP contribution in [0.2, 0.25) is 0 Å². The maximum Gasteiger partial charge on any atom is 0.253 e. The van der Waals surface area contributed by atoms with Gasteiger partial charge in [0.2, 0.25) is 5.91 Å². The third-order valence-electron chi connectivity index (χ3n) is 5.57. The highest BCUT2D eigenvalue weighted by atomic mass is 16.2. The maximum atomic E-state index is 13.3. The zero-order valence-electron chi connectivity index (χ0n) is 18.1. The summed E-state index contributed by atoms with van der Waals surface area (Å²) in [6, 6.07) is 17.4. The molecule has 7 nitrogen and oxygen atoms in total. The van der Waals surface area contributed by atoms with Gasteiger partial charge in [-0.3, -0.25) is 19.6 Å². The quantitative estimate of drug-likeness (QED) is 0.674. The van der Waals surface area contributed by atoms with Crippen molar-refractivity contribution in [3.05, 3.63) is 84.4 Å². The minimum atomic E-state index is -0.135. The molecule has 1 aliphatic rings. The lowest BCUT2D eigenvalue weighted by molar-refractivity contribution is -0.114. The number of carbonyl (C=O) groups excluding carboxylic acids is 2. The molecule has 32 heavy (non-hydrogen) atoms. The molecule has 0 aliphatic carbocycles. The van der Waals surface area contributed by atoms with E-state index in [0.29, 0.717) is 24.3 Å². The fraction of sp³-hybridized carbons (Fsp3) is 0.280. The summed E-state index contributed by atoms with van der Waals surface area (Å²) < 4.78 is 0. The van der Waals surface area contributed by atoms with Crippen molar-refractivity contribution in [2.75, 3.05) is 36.4 Å². The van der Waals surface area contributed by atoms with E-state index in [0.717, 1.165) is 30.9 Å². The lowest BCUT2D eigenvalue weighted by atomic mass is 10.0. The molecule has 2 heterocycles. The van der Waals surface area contributed by atoms with Gasteiger partial charge in [-0.1, -0.05) is 18.2 Å². The Morgan fingerprint density at radius 2 is 1.78 bits per heavy atom. The monoisotopic (exact) mass is 429 g/mol. The van der Waals surface area contributed by atoms with Crippen LogP contribution in [-0.2, 0) is 11.2 Å². The summed E-state index contributed by atoms with van der Waals surface area (Å²) in [5.74, 6) is 0.0832. The predicted octanol–water partition coefficient (Wildman–Crippen LogP) is 3.26. The van der Waals surface area contributed by atoms with E-state index in [4.69, 9.17) is 0 Å². The van der Waals surface area contributed by atoms with Crippen LogP contribution in [-0.4, -0.2) is 52.9 Å². The van der Waals surface area contributed by atoms with Crippen molar-refractivity contribution < 1.29 is 9.59 Å². The fourth-order valence-electron chi connectivity index (χ4n) is 4.11. The van der Waals surface area contributed by atoms with E-state index >= 15 is 0 Å². The lowest BCUT2D eigenvalue weighted by Gasteiger charge is -2.25. The second kappa shape index (κ2) is 10.0. The van der Waals surface area contributed by atoms with E-state index in [-0.39, 0.29) is 17.7 Å². The van der Waals surface area contributed by atoms with Crippen molar-refractivity contribution in [2.24, 2.45) is 5.92 Å². The Morgan fingerprint density at radius 3 is 2.47 bits per heavy atom. The maximum absolute atomic E-state index is 13.3. The summed E-state index contributed by atoms with van der Waals surface area (Å²) in [5, 5.41) is 2.74. The molecule has 0 radical (unpaired) electrons. The van der Waals surface area contributed by atoms with Gasteiger partial charge >= 0.3 is 0 Å². The molecule has 164 valence electrons. The second-order valence-electron chi connectivity index (χ2n) is 8.06. The fourth-order valence-corrected chi connectivity index (χ4v) is 4.11. The number of carbonyl (C=O) groups is 2. The molecule has 7 heteroatoms. The molecule has 2 amide bonds. The predicted molar refractivity (Wildman–Crippen MR) is 125 cm³/mol. The number of nitrogens with zero attached hydrogens (tertiary/aromatic N) is 4. The normalized spacial score (nSPS) is 16.3. The number of benzene rings is 2. The van der Waals surface area contributed by atoms with Gasteiger partial charge in [0.1, 0.15) is 0 Å². The molecule has 4 rings (SSSR count). The number of para-hydroxylation sites is 1. The van der Waals surface area contributed by atoms with Crippen LogP contribution in [0.3, 0.4) is 0 Å². The van der Waals surface area contributed by atoms with Crippen molar-refractivity contribution >= 4 is 23.2 Å². The average Bonchev–Trinajstić information content (AvgIpc) is 3.03. The molecular formula is C25H27N5O2. The summed E-state index contributed by atoms with van der Waals surface area (Å²) in [6.07, 6.45) is 5.93. The van der Waals surface area contributed by atoms with Gasteiger partial charge < -0.3 is 15.1 Å². The molecule has 0 bridgehead atoms. The first-order chi connectivity index (χ1) is 15.6. The third kappa shape index (κ3) is 5.49. The Morgan fingerprint density at radius 1 is 1.00 bits per heavy atom. The Balaban J connectivity index is 1.53. The minimum absolute atomic E-state index is 0.00145. The first kappa shape index (κ1) is 21.5. The number of aromatic nitrogens is 2. The van der Waals surface area contributed by atoms with Crippen molar-refractivity contribution in [3.63, 3.8) is 0 Å². The molecule has 1 aromatic heterocycles. The van der Waals surface area contributed by atoms with E-state index in [1.807, 2.05) is 23.1 Å². The van der Waals surface area contributed by atoms with E-state index in [1.54, 1.807) is 42.9 Å². The van der Waals surface area contributed by atoms with Crippen LogP contribution in [0, 0.1) is 5.92 Å². The molecule has 1 fully saturated rings. The number of hydrogen-bond donors (Lipinski definition) is 1. The summed E-state index contributed by atoms with van der Waals surface area (Å²) in [7, 11) is 0. The van der Waals surface area contributed by atoms with Gasteiger partial charge in [-0.05, 0) is 48.7 Å². The molecule has 0 saturated carbocycles. The Kier molecular flexibility index (Phi) is 6.75. The first-order valence-electron chi connectivity index (χ1n) is 10.8. The highest BCUT2D eigenvalue weighted by molar-refractivity contribution is 5.95. The van der Waals surface area contributed by atoms with Crippen molar-refractivity contribution in [2.45, 2.75) is 13.3 Å². The van der Waals surface area contributed by atoms with Crippen LogP contribution in [0.5, 0.6) is 0 Å². The molecule has 1 saturated heterocycles. The van der Waals surface area contributed by atoms with Crippen LogP contribution in [0.4, 0.5) is 11.4 Å². The standard InChI is InChI=1S/C25H27N5O2/c1-19(31)28-22-9-7-21(8-10-22)25(32)30-14-13-29(24-5-3-2-4-6-24)17-20(18-30)15-23-16-26-11-12-27-23/h2-12,16,20H,13-15,17-18H2,1H3,(H,28,31)/t20-/m1/s1. The summed E-state index contributed by atoms with van der Waals surface area (Å²) in [6.45, 7) is 4.35. The minimum Gasteiger partial charge on any atom is -0.369 e. The average molecular weight is 430 g/mol. The molecule has 1 atom stereocenters. The van der Waals surface area contributed by atoms with Gasteiger partial charge in [0.15, 0.2) is 0 Å². The van der Waals surface area contributed by atoms with Crippen LogP contribution in [0.15, 0.2) is 73.2 Å². The topological polar surface area (TPSA) is 78.4 Å². The number of amides is 2. The summed E-state index contributed by atoms with van der Waals surface area (Å²) in [5.41, 5.74) is 3.39. The van der Waals surface area contributed by atoms with Gasteiger partial charge in [0.05, 0.1) is 5.69 Å².